The predicted molar refractivity (Wildman–Crippen MR) is 134 cm³/mol. The molecule has 0 radical (unpaired) electrons. The number of amides is 1. The Bertz CT molecular complexity index is 1070. The monoisotopic (exact) mass is 527 g/mol. The average molecular weight is 528 g/mol. The number of likely N-dealkylation sites (tertiary alicyclic amines) is 1. The molecule has 1 heterocycles. The summed E-state index contributed by atoms with van der Waals surface area (Å²) in [5.74, 6) is -0.845. The molecule has 1 fully saturated rings. The van der Waals surface area contributed by atoms with Gasteiger partial charge in [0.25, 0.3) is 0 Å². The molecule has 0 aromatic heterocycles. The molecule has 1 N–H and O–H groups in total. The molecule has 1 saturated heterocycles. The van der Waals surface area contributed by atoms with E-state index in [0.717, 1.165) is 12.5 Å². The average Bonchev–Trinajstić information content (AvgIpc) is 2.77. The second-order valence-corrected chi connectivity index (χ2v) is 10.6. The van der Waals surface area contributed by atoms with Crippen LogP contribution in [-0.4, -0.2) is 33.7 Å². The number of piperidine rings is 1. The standard InChI is InChI=1S/C27H30Cl2F3NO2/c1-5-14-25(3)16-21(18-8-7-9-20(29)15-18)23(17-10-12-19(28)13-11-17)33(24(25)34)22(6-2)26(4,35)27(30,31)32/h5,7-13,15,21-23,35H,1,6,14,16H2,2-4H3/t21-,22?,23-,25+,26?/m1/s1. The fourth-order valence-electron chi connectivity index (χ4n) is 5.28. The molecule has 8 heteroatoms. The summed E-state index contributed by atoms with van der Waals surface area (Å²) in [5.41, 5.74) is -2.73. The zero-order chi connectivity index (χ0) is 26.2. The lowest BCUT2D eigenvalue weighted by Crippen LogP contribution is -2.65. The number of rotatable bonds is 7. The SMILES string of the molecule is C=CC[C@@]1(C)C[C@H](c2cccc(Cl)c2)[C@@H](c2ccc(Cl)cc2)N(C(CC)C(C)(O)C(F)(F)F)C1=O. The van der Waals surface area contributed by atoms with E-state index >= 15 is 0 Å². The van der Waals surface area contributed by atoms with Crippen LogP contribution in [0, 0.1) is 5.41 Å². The zero-order valence-corrected chi connectivity index (χ0v) is 21.5. The number of hydrogen-bond donors (Lipinski definition) is 1. The van der Waals surface area contributed by atoms with Crippen molar-refractivity contribution in [3.8, 4) is 0 Å². The third kappa shape index (κ3) is 5.25. The second-order valence-electron chi connectivity index (χ2n) is 9.70. The van der Waals surface area contributed by atoms with Crippen molar-refractivity contribution in [2.75, 3.05) is 0 Å². The quantitative estimate of drug-likeness (QED) is 0.374. The number of carbonyl (C=O) groups excluding carboxylic acids is 1. The van der Waals surface area contributed by atoms with Crippen molar-refractivity contribution in [1.82, 2.24) is 4.90 Å². The highest BCUT2D eigenvalue weighted by atomic mass is 35.5. The number of aliphatic hydroxyl groups is 1. The fraction of sp³-hybridized carbons (Fsp3) is 0.444. The lowest BCUT2D eigenvalue weighted by molar-refractivity contribution is -0.277. The van der Waals surface area contributed by atoms with Gasteiger partial charge in [0.15, 0.2) is 5.60 Å². The maximum absolute atomic E-state index is 14.1. The summed E-state index contributed by atoms with van der Waals surface area (Å²) in [7, 11) is 0. The van der Waals surface area contributed by atoms with E-state index in [2.05, 4.69) is 6.58 Å². The van der Waals surface area contributed by atoms with Crippen LogP contribution in [0.4, 0.5) is 13.2 Å². The van der Waals surface area contributed by atoms with Gasteiger partial charge >= 0.3 is 6.18 Å². The Morgan fingerprint density at radius 2 is 1.80 bits per heavy atom. The summed E-state index contributed by atoms with van der Waals surface area (Å²) in [6.45, 7) is 7.80. The maximum atomic E-state index is 14.1. The Kier molecular flexibility index (Phi) is 8.00. The maximum Gasteiger partial charge on any atom is 0.418 e. The van der Waals surface area contributed by atoms with Crippen molar-refractivity contribution in [3.05, 3.63) is 82.4 Å². The third-order valence-corrected chi connectivity index (χ3v) is 7.62. The molecule has 3 nitrogen and oxygen atoms in total. The van der Waals surface area contributed by atoms with Crippen molar-refractivity contribution in [1.29, 1.82) is 0 Å². The van der Waals surface area contributed by atoms with Crippen molar-refractivity contribution >= 4 is 29.1 Å². The lowest BCUT2D eigenvalue weighted by Gasteiger charge is -2.54. The number of halogens is 5. The van der Waals surface area contributed by atoms with E-state index in [4.69, 9.17) is 23.2 Å². The zero-order valence-electron chi connectivity index (χ0n) is 19.9. The van der Waals surface area contributed by atoms with Crippen molar-refractivity contribution in [3.63, 3.8) is 0 Å². The molecule has 0 spiro atoms. The van der Waals surface area contributed by atoms with Gasteiger partial charge in [0.1, 0.15) is 0 Å². The van der Waals surface area contributed by atoms with Gasteiger partial charge in [-0.15, -0.1) is 6.58 Å². The van der Waals surface area contributed by atoms with Gasteiger partial charge in [-0.1, -0.05) is 67.4 Å². The van der Waals surface area contributed by atoms with Crippen molar-refractivity contribution in [2.45, 2.75) is 69.8 Å². The highest BCUT2D eigenvalue weighted by Crippen LogP contribution is 2.54. The van der Waals surface area contributed by atoms with Crippen LogP contribution >= 0.6 is 23.2 Å². The smallest absolute Gasteiger partial charge is 0.379 e. The first-order valence-electron chi connectivity index (χ1n) is 11.5. The first-order chi connectivity index (χ1) is 16.3. The van der Waals surface area contributed by atoms with Gasteiger partial charge in [0.05, 0.1) is 17.5 Å². The van der Waals surface area contributed by atoms with Gasteiger partial charge in [-0.05, 0) is 61.6 Å². The van der Waals surface area contributed by atoms with Crippen LogP contribution in [0.2, 0.25) is 10.0 Å². The first kappa shape index (κ1) is 27.6. The largest absolute Gasteiger partial charge is 0.418 e. The molecule has 0 saturated carbocycles. The normalized spacial score (nSPS) is 25.7. The van der Waals surface area contributed by atoms with Gasteiger partial charge < -0.3 is 10.0 Å². The molecule has 2 aromatic rings. The topological polar surface area (TPSA) is 40.5 Å². The van der Waals surface area contributed by atoms with E-state index in [9.17, 15) is 23.1 Å². The molecule has 190 valence electrons. The van der Waals surface area contributed by atoms with Crippen LogP contribution in [-0.2, 0) is 4.79 Å². The Balaban J connectivity index is 2.32. The van der Waals surface area contributed by atoms with E-state index < -0.39 is 41.1 Å². The van der Waals surface area contributed by atoms with Crippen molar-refractivity contribution < 1.29 is 23.1 Å². The van der Waals surface area contributed by atoms with Crippen LogP contribution < -0.4 is 0 Å². The molecule has 1 aliphatic heterocycles. The number of nitrogens with zero attached hydrogens (tertiary/aromatic N) is 1. The van der Waals surface area contributed by atoms with Crippen molar-refractivity contribution in [2.24, 2.45) is 5.41 Å². The van der Waals surface area contributed by atoms with Gasteiger partial charge in [-0.2, -0.15) is 13.2 Å². The van der Waals surface area contributed by atoms with Gasteiger partial charge in [-0.3, -0.25) is 4.79 Å². The molecule has 3 rings (SSSR count). The second kappa shape index (κ2) is 10.2. The molecule has 2 unspecified atom stereocenters. The van der Waals surface area contributed by atoms with E-state index in [1.54, 1.807) is 62.4 Å². The van der Waals surface area contributed by atoms with E-state index in [1.165, 1.54) is 4.90 Å². The minimum atomic E-state index is -4.95. The number of benzene rings is 2. The van der Waals surface area contributed by atoms with Gasteiger partial charge in [0, 0.05) is 16.0 Å². The van der Waals surface area contributed by atoms with Crippen LogP contribution in [0.5, 0.6) is 0 Å². The highest BCUT2D eigenvalue weighted by Gasteiger charge is 2.61. The summed E-state index contributed by atoms with van der Waals surface area (Å²) in [5, 5.41) is 11.8. The molecule has 5 atom stereocenters. The molecular weight excluding hydrogens is 498 g/mol. The number of carbonyl (C=O) groups is 1. The Morgan fingerprint density at radius 3 is 2.31 bits per heavy atom. The fourth-order valence-corrected chi connectivity index (χ4v) is 5.61. The molecule has 0 bridgehead atoms. The Morgan fingerprint density at radius 1 is 1.17 bits per heavy atom. The van der Waals surface area contributed by atoms with Gasteiger partial charge in [-0.25, -0.2) is 0 Å². The van der Waals surface area contributed by atoms with E-state index in [-0.39, 0.29) is 12.8 Å². The molecular formula is C27H30Cl2F3NO2. The lowest BCUT2D eigenvalue weighted by atomic mass is 9.66. The number of hydrogen-bond acceptors (Lipinski definition) is 2. The summed E-state index contributed by atoms with van der Waals surface area (Å²) >= 11 is 12.4. The summed E-state index contributed by atoms with van der Waals surface area (Å²) < 4.78 is 42.3. The molecule has 35 heavy (non-hydrogen) atoms. The Labute approximate surface area is 214 Å². The minimum Gasteiger partial charge on any atom is -0.379 e. The number of allylic oxidation sites excluding steroid dienone is 1. The Hall–Kier alpha value is -2.02. The summed E-state index contributed by atoms with van der Waals surface area (Å²) in [6.07, 6.45) is -2.80. The molecule has 1 aliphatic rings. The van der Waals surface area contributed by atoms with Gasteiger partial charge in [0.2, 0.25) is 5.91 Å². The first-order valence-corrected chi connectivity index (χ1v) is 12.3. The number of alkyl halides is 3. The minimum absolute atomic E-state index is 0.102. The molecule has 1 amide bonds. The van der Waals surface area contributed by atoms with Crippen LogP contribution in [0.15, 0.2) is 61.2 Å². The molecule has 0 aliphatic carbocycles. The van der Waals surface area contributed by atoms with Crippen LogP contribution in [0.25, 0.3) is 0 Å². The predicted octanol–water partition coefficient (Wildman–Crippen LogP) is 7.72. The third-order valence-electron chi connectivity index (χ3n) is 7.13. The van der Waals surface area contributed by atoms with Crippen LogP contribution in [0.1, 0.15) is 63.1 Å². The summed E-state index contributed by atoms with van der Waals surface area (Å²) in [6, 6.07) is 11.6. The van der Waals surface area contributed by atoms with E-state index in [0.29, 0.717) is 22.0 Å². The molecule has 2 aromatic carbocycles. The van der Waals surface area contributed by atoms with E-state index in [1.807, 2.05) is 6.07 Å². The highest BCUT2D eigenvalue weighted by molar-refractivity contribution is 6.30. The summed E-state index contributed by atoms with van der Waals surface area (Å²) in [4.78, 5) is 15.3. The van der Waals surface area contributed by atoms with Crippen LogP contribution in [0.3, 0.4) is 0 Å².